The van der Waals surface area contributed by atoms with Crippen LogP contribution >= 0.6 is 11.8 Å². The van der Waals surface area contributed by atoms with Crippen molar-refractivity contribution in [2.45, 2.75) is 23.5 Å². The van der Waals surface area contributed by atoms with E-state index in [1.807, 2.05) is 0 Å². The number of aromatic nitrogens is 3. The standard InChI is InChI=1S/C18H16F3N5OS/c1-11-24-25-17(26(11)22)28-15(12-6-3-2-4-7-12)16(27)23-14-9-5-8-13(10-14)18(19,20)21/h2-10,15H,22H2,1H3,(H,23,27). The van der Waals surface area contributed by atoms with Gasteiger partial charge in [-0.25, -0.2) is 4.68 Å². The number of nitrogens with two attached hydrogens (primary N) is 1. The molecule has 0 aliphatic heterocycles. The number of benzene rings is 2. The zero-order valence-corrected chi connectivity index (χ0v) is 15.5. The molecule has 1 aromatic heterocycles. The molecule has 1 atom stereocenters. The van der Waals surface area contributed by atoms with E-state index in [2.05, 4.69) is 15.5 Å². The highest BCUT2D eigenvalue weighted by Gasteiger charge is 2.31. The lowest BCUT2D eigenvalue weighted by Crippen LogP contribution is -2.21. The van der Waals surface area contributed by atoms with Crippen LogP contribution in [0.5, 0.6) is 0 Å². The Kier molecular flexibility index (Phi) is 5.59. The summed E-state index contributed by atoms with van der Waals surface area (Å²) in [6, 6.07) is 13.3. The average molecular weight is 407 g/mol. The SMILES string of the molecule is Cc1nnc(SC(C(=O)Nc2cccc(C(F)(F)F)c2)c2ccccc2)n1N. The Morgan fingerprint density at radius 2 is 1.86 bits per heavy atom. The molecule has 1 unspecified atom stereocenters. The zero-order valence-electron chi connectivity index (χ0n) is 14.6. The van der Waals surface area contributed by atoms with Crippen LogP contribution in [-0.4, -0.2) is 20.8 Å². The Morgan fingerprint density at radius 3 is 2.46 bits per heavy atom. The van der Waals surface area contributed by atoms with Crippen LogP contribution in [0.3, 0.4) is 0 Å². The van der Waals surface area contributed by atoms with Crippen LogP contribution in [-0.2, 0) is 11.0 Å². The van der Waals surface area contributed by atoms with Gasteiger partial charge in [-0.15, -0.1) is 10.2 Å². The van der Waals surface area contributed by atoms with Crippen LogP contribution in [0.2, 0.25) is 0 Å². The van der Waals surface area contributed by atoms with Gasteiger partial charge in [-0.3, -0.25) is 4.79 Å². The Balaban J connectivity index is 1.88. The summed E-state index contributed by atoms with van der Waals surface area (Å²) in [7, 11) is 0. The van der Waals surface area contributed by atoms with Gasteiger partial charge in [-0.2, -0.15) is 13.2 Å². The molecule has 1 amide bonds. The number of nitrogens with zero attached hydrogens (tertiary/aromatic N) is 3. The molecule has 146 valence electrons. The first-order valence-corrected chi connectivity index (χ1v) is 9.00. The minimum atomic E-state index is -4.50. The smallest absolute Gasteiger partial charge is 0.336 e. The molecular weight excluding hydrogens is 391 g/mol. The number of amides is 1. The van der Waals surface area contributed by atoms with Crippen LogP contribution in [0.4, 0.5) is 18.9 Å². The summed E-state index contributed by atoms with van der Waals surface area (Å²) < 4.78 is 40.0. The van der Waals surface area contributed by atoms with Crippen LogP contribution in [0.25, 0.3) is 0 Å². The molecule has 10 heteroatoms. The number of alkyl halides is 3. The Hall–Kier alpha value is -3.01. The van der Waals surface area contributed by atoms with Crippen molar-refractivity contribution >= 4 is 23.4 Å². The lowest BCUT2D eigenvalue weighted by atomic mass is 10.1. The monoisotopic (exact) mass is 407 g/mol. The molecule has 0 fully saturated rings. The fourth-order valence-electron chi connectivity index (χ4n) is 2.42. The summed E-state index contributed by atoms with van der Waals surface area (Å²) in [5.41, 5.74) is -0.143. The Morgan fingerprint density at radius 1 is 1.14 bits per heavy atom. The van der Waals surface area contributed by atoms with Crippen LogP contribution in [0.15, 0.2) is 59.8 Å². The normalized spacial score (nSPS) is 12.6. The second kappa shape index (κ2) is 7.93. The van der Waals surface area contributed by atoms with E-state index in [9.17, 15) is 18.0 Å². The molecule has 0 spiro atoms. The highest BCUT2D eigenvalue weighted by atomic mass is 32.2. The number of carbonyl (C=O) groups excluding carboxylic acids is 1. The van der Waals surface area contributed by atoms with Crippen LogP contribution in [0, 0.1) is 6.92 Å². The number of aryl methyl sites for hydroxylation is 1. The molecule has 3 N–H and O–H groups in total. The second-order valence-electron chi connectivity index (χ2n) is 5.88. The maximum Gasteiger partial charge on any atom is 0.416 e. The summed E-state index contributed by atoms with van der Waals surface area (Å²) in [6.07, 6.45) is -4.50. The lowest BCUT2D eigenvalue weighted by molar-refractivity contribution is -0.137. The molecular formula is C18H16F3N5OS. The Labute approximate surface area is 162 Å². The van der Waals surface area contributed by atoms with Crippen molar-refractivity contribution in [2.75, 3.05) is 11.2 Å². The minimum Gasteiger partial charge on any atom is -0.336 e. The van der Waals surface area contributed by atoms with E-state index in [1.54, 1.807) is 37.3 Å². The fraction of sp³-hybridized carbons (Fsp3) is 0.167. The van der Waals surface area contributed by atoms with Gasteiger partial charge in [0.15, 0.2) is 0 Å². The molecule has 0 aliphatic rings. The third-order valence-electron chi connectivity index (χ3n) is 3.86. The second-order valence-corrected chi connectivity index (χ2v) is 6.95. The number of nitrogens with one attached hydrogen (secondary N) is 1. The maximum absolute atomic E-state index is 12.9. The van der Waals surface area contributed by atoms with Gasteiger partial charge in [0.2, 0.25) is 11.1 Å². The minimum absolute atomic E-state index is 0.0479. The number of halogens is 3. The molecule has 2 aromatic carbocycles. The molecule has 3 aromatic rings. The predicted octanol–water partition coefficient (Wildman–Crippen LogP) is 3.79. The van der Waals surface area contributed by atoms with Gasteiger partial charge in [0.05, 0.1) is 5.56 Å². The van der Waals surface area contributed by atoms with Crippen molar-refractivity contribution in [3.05, 3.63) is 71.5 Å². The highest BCUT2D eigenvalue weighted by Crippen LogP contribution is 2.36. The Bertz CT molecular complexity index is 975. The number of hydrogen-bond donors (Lipinski definition) is 2. The molecule has 0 saturated carbocycles. The van der Waals surface area contributed by atoms with Crippen molar-refractivity contribution in [3.8, 4) is 0 Å². The van der Waals surface area contributed by atoms with E-state index in [0.717, 1.165) is 23.9 Å². The fourth-order valence-corrected chi connectivity index (χ4v) is 3.42. The van der Waals surface area contributed by atoms with Gasteiger partial charge >= 0.3 is 6.18 Å². The summed E-state index contributed by atoms with van der Waals surface area (Å²) in [5.74, 6) is 5.83. The van der Waals surface area contributed by atoms with Gasteiger partial charge in [0.25, 0.3) is 0 Å². The zero-order chi connectivity index (χ0) is 20.3. The van der Waals surface area contributed by atoms with E-state index in [0.29, 0.717) is 16.5 Å². The average Bonchev–Trinajstić information content (AvgIpc) is 2.98. The first-order valence-electron chi connectivity index (χ1n) is 8.12. The molecule has 0 aliphatic carbocycles. The van der Waals surface area contributed by atoms with Crippen molar-refractivity contribution in [3.63, 3.8) is 0 Å². The molecule has 6 nitrogen and oxygen atoms in total. The lowest BCUT2D eigenvalue weighted by Gasteiger charge is -2.17. The van der Waals surface area contributed by atoms with E-state index in [4.69, 9.17) is 5.84 Å². The number of thioether (sulfide) groups is 1. The van der Waals surface area contributed by atoms with Crippen LogP contribution < -0.4 is 11.2 Å². The van der Waals surface area contributed by atoms with Crippen molar-refractivity contribution in [1.82, 2.24) is 14.9 Å². The third-order valence-corrected chi connectivity index (χ3v) is 5.07. The molecule has 28 heavy (non-hydrogen) atoms. The summed E-state index contributed by atoms with van der Waals surface area (Å²) >= 11 is 1.06. The van der Waals surface area contributed by atoms with Crippen LogP contribution in [0.1, 0.15) is 22.2 Å². The number of nitrogen functional groups attached to an aromatic ring is 1. The van der Waals surface area contributed by atoms with Gasteiger partial charge < -0.3 is 11.2 Å². The van der Waals surface area contributed by atoms with Gasteiger partial charge in [0, 0.05) is 5.69 Å². The summed E-state index contributed by atoms with van der Waals surface area (Å²) in [5, 5.41) is 9.86. The predicted molar refractivity (Wildman–Crippen MR) is 100 cm³/mol. The number of carbonyl (C=O) groups is 1. The first-order chi connectivity index (χ1) is 13.3. The largest absolute Gasteiger partial charge is 0.416 e. The summed E-state index contributed by atoms with van der Waals surface area (Å²) in [6.45, 7) is 1.66. The third kappa shape index (κ3) is 4.45. The molecule has 0 radical (unpaired) electrons. The number of anilines is 1. The van der Waals surface area contributed by atoms with Crippen molar-refractivity contribution in [1.29, 1.82) is 0 Å². The topological polar surface area (TPSA) is 85.8 Å². The van der Waals surface area contributed by atoms with Gasteiger partial charge in [0.1, 0.15) is 11.1 Å². The first kappa shape index (κ1) is 19.7. The van der Waals surface area contributed by atoms with E-state index < -0.39 is 22.9 Å². The van der Waals surface area contributed by atoms with Gasteiger partial charge in [-0.05, 0) is 30.7 Å². The molecule has 1 heterocycles. The molecule has 0 saturated heterocycles. The van der Waals surface area contributed by atoms with Gasteiger partial charge in [-0.1, -0.05) is 48.2 Å². The van der Waals surface area contributed by atoms with E-state index in [-0.39, 0.29) is 5.69 Å². The van der Waals surface area contributed by atoms with E-state index in [1.165, 1.54) is 16.8 Å². The van der Waals surface area contributed by atoms with E-state index >= 15 is 0 Å². The maximum atomic E-state index is 12.9. The summed E-state index contributed by atoms with van der Waals surface area (Å²) in [4.78, 5) is 12.9. The van der Waals surface area contributed by atoms with Crippen molar-refractivity contribution < 1.29 is 18.0 Å². The highest BCUT2D eigenvalue weighted by molar-refractivity contribution is 8.00. The number of rotatable bonds is 5. The molecule has 3 rings (SSSR count). The number of hydrogen-bond acceptors (Lipinski definition) is 5. The van der Waals surface area contributed by atoms with Crippen molar-refractivity contribution in [2.24, 2.45) is 0 Å². The quantitative estimate of drug-likeness (QED) is 0.496. The molecule has 0 bridgehead atoms.